The zero-order valence-corrected chi connectivity index (χ0v) is 19.2. The fourth-order valence-electron chi connectivity index (χ4n) is 3.79. The number of hydrogen-bond acceptors (Lipinski definition) is 6. The Labute approximate surface area is 201 Å². The number of methoxy groups -OCH3 is 1. The van der Waals surface area contributed by atoms with E-state index in [0.29, 0.717) is 28.1 Å². The molecule has 4 aromatic rings. The largest absolute Gasteiger partial charge is 0.496 e. The first-order valence-electron chi connectivity index (χ1n) is 10.6. The van der Waals surface area contributed by atoms with Gasteiger partial charge >= 0.3 is 0 Å². The number of para-hydroxylation sites is 1. The monoisotopic (exact) mass is 471 g/mol. The minimum Gasteiger partial charge on any atom is -0.496 e. The number of ether oxygens (including phenoxy) is 2. The molecule has 1 saturated heterocycles. The first-order valence-corrected chi connectivity index (χ1v) is 11.0. The topological polar surface area (TPSA) is 76.8 Å². The molecule has 1 amide bonds. The highest BCUT2D eigenvalue weighted by atomic mass is 32.1. The van der Waals surface area contributed by atoms with Crippen LogP contribution in [0.3, 0.4) is 0 Å². The van der Waals surface area contributed by atoms with E-state index in [1.165, 1.54) is 4.90 Å². The van der Waals surface area contributed by atoms with E-state index in [4.69, 9.17) is 26.1 Å². The number of nitrogens with one attached hydrogen (secondary N) is 1. The van der Waals surface area contributed by atoms with Crippen LogP contribution in [0, 0.1) is 0 Å². The second kappa shape index (κ2) is 9.36. The van der Waals surface area contributed by atoms with Crippen LogP contribution in [0.1, 0.15) is 16.9 Å². The quantitative estimate of drug-likeness (QED) is 0.310. The van der Waals surface area contributed by atoms with Crippen LogP contribution >= 0.6 is 12.2 Å². The summed E-state index contributed by atoms with van der Waals surface area (Å²) in [5.41, 5.74) is 2.85. The van der Waals surface area contributed by atoms with E-state index in [9.17, 15) is 4.79 Å². The number of thiocarbonyl (C=S) groups is 1. The van der Waals surface area contributed by atoms with Gasteiger partial charge in [-0.1, -0.05) is 24.3 Å². The highest BCUT2D eigenvalue weighted by Crippen LogP contribution is 2.27. The molecule has 3 heterocycles. The molecule has 0 bridgehead atoms. The molecule has 1 fully saturated rings. The molecule has 0 spiro atoms. The van der Waals surface area contributed by atoms with Crippen LogP contribution in [-0.2, 0) is 17.9 Å². The lowest BCUT2D eigenvalue weighted by atomic mass is 10.1. The third-order valence-corrected chi connectivity index (χ3v) is 5.77. The Bertz CT molecular complexity index is 1390. The number of rotatable bonds is 7. The molecule has 1 N–H and O–H groups in total. The SMILES string of the molecule is COc1ccc(/C=C2\NC(=S)N(Cc3ccco3)C2=O)cc1COc1cccc2cccnc12. The summed E-state index contributed by atoms with van der Waals surface area (Å²) in [6.07, 6.45) is 5.07. The molecule has 0 aliphatic carbocycles. The van der Waals surface area contributed by atoms with Gasteiger partial charge < -0.3 is 19.2 Å². The van der Waals surface area contributed by atoms with Crippen molar-refractivity contribution in [2.24, 2.45) is 0 Å². The lowest BCUT2D eigenvalue weighted by Gasteiger charge is -2.12. The van der Waals surface area contributed by atoms with Crippen molar-refractivity contribution in [2.75, 3.05) is 7.11 Å². The summed E-state index contributed by atoms with van der Waals surface area (Å²) < 4.78 is 17.0. The second-order valence-electron chi connectivity index (χ2n) is 7.65. The van der Waals surface area contributed by atoms with Crippen molar-refractivity contribution in [3.8, 4) is 11.5 Å². The molecule has 170 valence electrons. The van der Waals surface area contributed by atoms with Crippen LogP contribution in [0.5, 0.6) is 11.5 Å². The molecule has 34 heavy (non-hydrogen) atoms. The zero-order chi connectivity index (χ0) is 23.5. The predicted octanol–water partition coefficient (Wildman–Crippen LogP) is 4.67. The van der Waals surface area contributed by atoms with E-state index >= 15 is 0 Å². The predicted molar refractivity (Wildman–Crippen MR) is 132 cm³/mol. The van der Waals surface area contributed by atoms with Gasteiger partial charge in [-0.05, 0) is 60.3 Å². The average Bonchev–Trinajstić information content (AvgIpc) is 3.47. The molecule has 0 unspecified atom stereocenters. The molecule has 1 aliphatic heterocycles. The molecule has 2 aromatic carbocycles. The smallest absolute Gasteiger partial charge is 0.276 e. The van der Waals surface area contributed by atoms with Gasteiger partial charge in [0.15, 0.2) is 5.11 Å². The lowest BCUT2D eigenvalue weighted by molar-refractivity contribution is -0.122. The number of nitrogens with zero attached hydrogens (tertiary/aromatic N) is 2. The van der Waals surface area contributed by atoms with E-state index in [0.717, 1.165) is 22.0 Å². The Kier molecular flexibility index (Phi) is 5.97. The second-order valence-corrected chi connectivity index (χ2v) is 8.04. The van der Waals surface area contributed by atoms with Gasteiger partial charge in [0.2, 0.25) is 0 Å². The number of aromatic nitrogens is 1. The molecule has 1 aliphatic rings. The molecular formula is C26H21N3O4S. The van der Waals surface area contributed by atoms with Crippen LogP contribution in [0.15, 0.2) is 83.2 Å². The summed E-state index contributed by atoms with van der Waals surface area (Å²) in [5, 5.41) is 4.34. The summed E-state index contributed by atoms with van der Waals surface area (Å²) in [7, 11) is 1.61. The van der Waals surface area contributed by atoms with Crippen LogP contribution in [0.2, 0.25) is 0 Å². The summed E-state index contributed by atoms with van der Waals surface area (Å²) >= 11 is 5.35. The molecular weight excluding hydrogens is 450 g/mol. The van der Waals surface area contributed by atoms with E-state index in [1.807, 2.05) is 48.5 Å². The van der Waals surface area contributed by atoms with Crippen molar-refractivity contribution in [2.45, 2.75) is 13.2 Å². The first kappa shape index (κ1) is 21.7. The number of pyridine rings is 1. The molecule has 0 saturated carbocycles. The van der Waals surface area contributed by atoms with Gasteiger partial charge in [0.25, 0.3) is 5.91 Å². The Morgan fingerprint density at radius 1 is 1.12 bits per heavy atom. The third kappa shape index (κ3) is 4.35. The minimum atomic E-state index is -0.211. The average molecular weight is 472 g/mol. The van der Waals surface area contributed by atoms with Crippen molar-refractivity contribution in [1.82, 2.24) is 15.2 Å². The van der Waals surface area contributed by atoms with Crippen LogP contribution in [0.25, 0.3) is 17.0 Å². The molecule has 0 radical (unpaired) electrons. The normalized spacial score (nSPS) is 14.6. The summed E-state index contributed by atoms with van der Waals surface area (Å²) in [6.45, 7) is 0.552. The van der Waals surface area contributed by atoms with Gasteiger partial charge in [0, 0.05) is 17.1 Å². The van der Waals surface area contributed by atoms with Gasteiger partial charge in [-0.2, -0.15) is 0 Å². The summed E-state index contributed by atoms with van der Waals surface area (Å²) in [6, 6.07) is 18.9. The van der Waals surface area contributed by atoms with Crippen LogP contribution in [0.4, 0.5) is 0 Å². The highest BCUT2D eigenvalue weighted by molar-refractivity contribution is 7.80. The Balaban J connectivity index is 1.37. The van der Waals surface area contributed by atoms with E-state index in [-0.39, 0.29) is 19.1 Å². The van der Waals surface area contributed by atoms with Crippen molar-refractivity contribution in [3.63, 3.8) is 0 Å². The van der Waals surface area contributed by atoms with Gasteiger partial charge in [-0.3, -0.25) is 14.7 Å². The van der Waals surface area contributed by atoms with E-state index < -0.39 is 0 Å². The van der Waals surface area contributed by atoms with Crippen molar-refractivity contribution < 1.29 is 18.7 Å². The Morgan fingerprint density at radius 2 is 2.00 bits per heavy atom. The lowest BCUT2D eigenvalue weighted by Crippen LogP contribution is -2.29. The first-order chi connectivity index (χ1) is 16.6. The number of carbonyl (C=O) groups excluding carboxylic acids is 1. The minimum absolute atomic E-state index is 0.211. The Morgan fingerprint density at radius 3 is 2.82 bits per heavy atom. The van der Waals surface area contributed by atoms with E-state index in [1.54, 1.807) is 37.8 Å². The maximum Gasteiger partial charge on any atom is 0.276 e. The van der Waals surface area contributed by atoms with Gasteiger partial charge in [-0.25, -0.2) is 0 Å². The molecule has 2 aromatic heterocycles. The fourth-order valence-corrected chi connectivity index (χ4v) is 4.05. The van der Waals surface area contributed by atoms with Gasteiger partial charge in [-0.15, -0.1) is 0 Å². The third-order valence-electron chi connectivity index (χ3n) is 5.45. The van der Waals surface area contributed by atoms with Crippen molar-refractivity contribution in [3.05, 3.63) is 95.7 Å². The summed E-state index contributed by atoms with van der Waals surface area (Å²) in [4.78, 5) is 18.8. The maximum atomic E-state index is 12.9. The highest BCUT2D eigenvalue weighted by Gasteiger charge is 2.31. The number of amides is 1. The number of carbonyl (C=O) groups is 1. The van der Waals surface area contributed by atoms with E-state index in [2.05, 4.69) is 10.3 Å². The molecule has 8 heteroatoms. The molecule has 5 rings (SSSR count). The van der Waals surface area contributed by atoms with Crippen LogP contribution in [-0.4, -0.2) is 28.0 Å². The number of furan rings is 1. The number of fused-ring (bicyclic) bond motifs is 1. The zero-order valence-electron chi connectivity index (χ0n) is 18.4. The number of benzene rings is 2. The van der Waals surface area contributed by atoms with Gasteiger partial charge in [0.1, 0.15) is 35.1 Å². The maximum absolute atomic E-state index is 12.9. The van der Waals surface area contributed by atoms with Crippen LogP contribution < -0.4 is 14.8 Å². The summed E-state index contributed by atoms with van der Waals surface area (Å²) in [5.74, 6) is 1.83. The Hall–Kier alpha value is -4.17. The van der Waals surface area contributed by atoms with Crippen molar-refractivity contribution >= 4 is 40.2 Å². The number of hydrogen-bond donors (Lipinski definition) is 1. The van der Waals surface area contributed by atoms with Crippen molar-refractivity contribution in [1.29, 1.82) is 0 Å². The molecule has 0 atom stereocenters. The standard InChI is InChI=1S/C26H21N3O4S/c1-31-22-10-9-17(14-21-25(30)29(26(34)28-21)15-20-7-4-12-32-20)13-19(22)16-33-23-8-2-5-18-6-3-11-27-24(18)23/h2-14H,15-16H2,1H3,(H,28,34)/b21-14-. The fraction of sp³-hybridized carbons (Fsp3) is 0.115. The van der Waals surface area contributed by atoms with Gasteiger partial charge in [0.05, 0.1) is 19.9 Å². The molecule has 7 nitrogen and oxygen atoms in total.